The normalized spacial score (nSPS) is 19.3. The van der Waals surface area contributed by atoms with Crippen molar-refractivity contribution in [3.8, 4) is 0 Å². The predicted octanol–water partition coefficient (Wildman–Crippen LogP) is 3.62. The Balaban J connectivity index is 1.49. The van der Waals surface area contributed by atoms with Crippen LogP contribution in [-0.4, -0.2) is 24.0 Å². The van der Waals surface area contributed by atoms with Crippen LogP contribution < -0.4 is 5.32 Å². The minimum atomic E-state index is 0.907. The van der Waals surface area contributed by atoms with Gasteiger partial charge in [0.25, 0.3) is 0 Å². The molecule has 1 aromatic rings. The van der Waals surface area contributed by atoms with Crippen molar-refractivity contribution in [1.29, 1.82) is 0 Å². The van der Waals surface area contributed by atoms with Gasteiger partial charge in [-0.25, -0.2) is 0 Å². The highest BCUT2D eigenvalue weighted by Gasteiger charge is 2.33. The summed E-state index contributed by atoms with van der Waals surface area (Å²) in [6, 6.07) is 5.56. The van der Waals surface area contributed by atoms with Crippen LogP contribution in [0.15, 0.2) is 12.1 Å². The molecule has 3 heteroatoms. The van der Waals surface area contributed by atoms with Gasteiger partial charge in [0, 0.05) is 35.4 Å². The largest absolute Gasteiger partial charge is 0.312 e. The average Bonchev–Trinajstić information content (AvgIpc) is 3.30. The molecule has 0 aliphatic heterocycles. The molecule has 19 heavy (non-hydrogen) atoms. The molecule has 0 amide bonds. The quantitative estimate of drug-likeness (QED) is 0.694. The maximum absolute atomic E-state index is 3.49. The van der Waals surface area contributed by atoms with Gasteiger partial charge in [-0.15, -0.1) is 11.3 Å². The highest BCUT2D eigenvalue weighted by atomic mass is 32.1. The van der Waals surface area contributed by atoms with E-state index in [0.29, 0.717) is 0 Å². The highest BCUT2D eigenvalue weighted by Crippen LogP contribution is 2.36. The van der Waals surface area contributed by atoms with E-state index in [0.717, 1.165) is 25.0 Å². The van der Waals surface area contributed by atoms with Gasteiger partial charge in [0.1, 0.15) is 0 Å². The summed E-state index contributed by atoms with van der Waals surface area (Å²) in [5.74, 6) is 1.02. The summed E-state index contributed by atoms with van der Waals surface area (Å²) in [4.78, 5) is 5.79. The van der Waals surface area contributed by atoms with Crippen LogP contribution in [-0.2, 0) is 13.1 Å². The number of nitrogens with one attached hydrogen (secondary N) is 1. The van der Waals surface area contributed by atoms with Gasteiger partial charge in [-0.05, 0) is 56.7 Å². The minimum Gasteiger partial charge on any atom is -0.312 e. The van der Waals surface area contributed by atoms with Crippen molar-refractivity contribution in [2.75, 3.05) is 13.1 Å². The van der Waals surface area contributed by atoms with E-state index < -0.39 is 0 Å². The first-order valence-corrected chi connectivity index (χ1v) is 8.69. The van der Waals surface area contributed by atoms with E-state index in [4.69, 9.17) is 0 Å². The first-order chi connectivity index (χ1) is 9.35. The lowest BCUT2D eigenvalue weighted by Gasteiger charge is -2.20. The van der Waals surface area contributed by atoms with E-state index in [9.17, 15) is 0 Å². The summed E-state index contributed by atoms with van der Waals surface area (Å²) in [6.07, 6.45) is 7.03. The maximum Gasteiger partial charge on any atom is 0.0331 e. The second-order valence-corrected chi connectivity index (χ2v) is 7.40. The van der Waals surface area contributed by atoms with Crippen molar-refractivity contribution < 1.29 is 0 Å². The van der Waals surface area contributed by atoms with Gasteiger partial charge in [0.15, 0.2) is 0 Å². The molecule has 1 aromatic heterocycles. The molecule has 2 nitrogen and oxygen atoms in total. The highest BCUT2D eigenvalue weighted by molar-refractivity contribution is 7.11. The molecule has 2 aliphatic rings. The predicted molar refractivity (Wildman–Crippen MR) is 82.5 cm³/mol. The van der Waals surface area contributed by atoms with Gasteiger partial charge in [-0.1, -0.05) is 6.92 Å². The van der Waals surface area contributed by atoms with Crippen molar-refractivity contribution in [3.63, 3.8) is 0 Å². The van der Waals surface area contributed by atoms with Crippen LogP contribution >= 0.6 is 11.3 Å². The second kappa shape index (κ2) is 6.38. The molecule has 0 radical (unpaired) electrons. The van der Waals surface area contributed by atoms with Gasteiger partial charge in [-0.3, -0.25) is 4.90 Å². The van der Waals surface area contributed by atoms with Gasteiger partial charge in [0.2, 0.25) is 0 Å². The van der Waals surface area contributed by atoms with Crippen LogP contribution in [0.5, 0.6) is 0 Å². The maximum atomic E-state index is 3.49. The number of rotatable bonds is 9. The third-order valence-corrected chi connectivity index (χ3v) is 5.13. The molecule has 2 fully saturated rings. The summed E-state index contributed by atoms with van der Waals surface area (Å²) >= 11 is 2.00. The molecule has 3 rings (SSSR count). The summed E-state index contributed by atoms with van der Waals surface area (Å²) in [5, 5.41) is 3.49. The molecular formula is C16H26N2S. The molecule has 0 atom stereocenters. The van der Waals surface area contributed by atoms with Crippen molar-refractivity contribution >= 4 is 11.3 Å². The van der Waals surface area contributed by atoms with Gasteiger partial charge < -0.3 is 5.32 Å². The van der Waals surface area contributed by atoms with Crippen molar-refractivity contribution in [1.82, 2.24) is 10.2 Å². The Morgan fingerprint density at radius 2 is 2.00 bits per heavy atom. The fourth-order valence-electron chi connectivity index (χ4n) is 2.61. The van der Waals surface area contributed by atoms with Crippen molar-refractivity contribution in [2.24, 2.45) is 5.92 Å². The monoisotopic (exact) mass is 278 g/mol. The molecule has 0 aromatic carbocycles. The Morgan fingerprint density at radius 3 is 2.68 bits per heavy atom. The zero-order chi connectivity index (χ0) is 13.1. The molecule has 0 saturated heterocycles. The van der Waals surface area contributed by atoms with E-state index in [-0.39, 0.29) is 0 Å². The summed E-state index contributed by atoms with van der Waals surface area (Å²) in [5.41, 5.74) is 0. The molecule has 106 valence electrons. The van der Waals surface area contributed by atoms with Crippen LogP contribution in [0.2, 0.25) is 0 Å². The summed E-state index contributed by atoms with van der Waals surface area (Å²) in [6.45, 7) is 6.94. The zero-order valence-corrected chi connectivity index (χ0v) is 12.8. The van der Waals surface area contributed by atoms with E-state index in [1.807, 2.05) is 11.3 Å². The lowest BCUT2D eigenvalue weighted by Crippen LogP contribution is -2.27. The van der Waals surface area contributed by atoms with Gasteiger partial charge in [-0.2, -0.15) is 0 Å². The molecule has 2 aliphatic carbocycles. The smallest absolute Gasteiger partial charge is 0.0331 e. The Morgan fingerprint density at radius 1 is 1.21 bits per heavy atom. The molecule has 2 saturated carbocycles. The van der Waals surface area contributed by atoms with E-state index in [1.165, 1.54) is 50.1 Å². The van der Waals surface area contributed by atoms with Gasteiger partial charge >= 0.3 is 0 Å². The van der Waals surface area contributed by atoms with E-state index in [2.05, 4.69) is 29.3 Å². The molecule has 1 N–H and O–H groups in total. The molecule has 1 heterocycles. The third-order valence-electron chi connectivity index (χ3n) is 4.06. The van der Waals surface area contributed by atoms with Crippen LogP contribution in [0, 0.1) is 5.92 Å². The Kier molecular flexibility index (Phi) is 4.57. The summed E-state index contributed by atoms with van der Waals surface area (Å²) < 4.78 is 0. The number of nitrogens with zero attached hydrogens (tertiary/aromatic N) is 1. The fourth-order valence-corrected chi connectivity index (χ4v) is 3.62. The number of thiophene rings is 1. The Bertz CT molecular complexity index is 393. The standard InChI is InChI=1S/C16H26N2S/c1-2-9-17-10-15-7-8-16(19-15)12-18(14-5-6-14)11-13-3-4-13/h7-8,13-14,17H,2-6,9-12H2,1H3. The van der Waals surface area contributed by atoms with Gasteiger partial charge in [0.05, 0.1) is 0 Å². The fraction of sp³-hybridized carbons (Fsp3) is 0.750. The second-order valence-electron chi connectivity index (χ2n) is 6.15. The lowest BCUT2D eigenvalue weighted by atomic mass is 10.3. The molecule has 0 bridgehead atoms. The number of hydrogen-bond donors (Lipinski definition) is 1. The van der Waals surface area contributed by atoms with Crippen LogP contribution in [0.4, 0.5) is 0 Å². The van der Waals surface area contributed by atoms with E-state index in [1.54, 1.807) is 4.88 Å². The molecule has 0 spiro atoms. The molecule has 0 unspecified atom stereocenters. The number of hydrogen-bond acceptors (Lipinski definition) is 3. The topological polar surface area (TPSA) is 15.3 Å². The molecular weight excluding hydrogens is 252 g/mol. The van der Waals surface area contributed by atoms with Crippen LogP contribution in [0.25, 0.3) is 0 Å². The van der Waals surface area contributed by atoms with Crippen LogP contribution in [0.3, 0.4) is 0 Å². The first-order valence-electron chi connectivity index (χ1n) is 7.87. The first kappa shape index (κ1) is 13.6. The third kappa shape index (κ3) is 4.30. The Labute approximate surface area is 121 Å². The van der Waals surface area contributed by atoms with Crippen molar-refractivity contribution in [3.05, 3.63) is 21.9 Å². The zero-order valence-electron chi connectivity index (χ0n) is 12.0. The van der Waals surface area contributed by atoms with E-state index >= 15 is 0 Å². The average molecular weight is 278 g/mol. The SMILES string of the molecule is CCCNCc1ccc(CN(CC2CC2)C2CC2)s1. The van der Waals surface area contributed by atoms with Crippen molar-refractivity contribution in [2.45, 2.75) is 58.2 Å². The summed E-state index contributed by atoms with van der Waals surface area (Å²) in [7, 11) is 0. The Hall–Kier alpha value is -0.380. The van der Waals surface area contributed by atoms with Crippen LogP contribution in [0.1, 0.15) is 48.8 Å². The minimum absolute atomic E-state index is 0.907. The lowest BCUT2D eigenvalue weighted by molar-refractivity contribution is 0.246.